The molecule has 0 saturated carbocycles. The summed E-state index contributed by atoms with van der Waals surface area (Å²) < 4.78 is 0. The molecule has 76 valence electrons. The zero-order chi connectivity index (χ0) is 10.7. The Morgan fingerprint density at radius 3 is 2.60 bits per heavy atom. The Labute approximate surface area is 92.8 Å². The van der Waals surface area contributed by atoms with Gasteiger partial charge in [-0.25, -0.2) is 4.98 Å². The van der Waals surface area contributed by atoms with Crippen LogP contribution in [0.25, 0.3) is 0 Å². The van der Waals surface area contributed by atoms with E-state index in [0.29, 0.717) is 0 Å². The molecule has 0 unspecified atom stereocenters. The highest BCUT2D eigenvalue weighted by Gasteiger charge is 2.04. The molecular formula is C11H11N3S. The number of nitrogens with two attached hydrogens (primary N) is 1. The fourth-order valence-corrected chi connectivity index (χ4v) is 2.03. The quantitative estimate of drug-likeness (QED) is 0.785. The third kappa shape index (κ3) is 2.27. The molecule has 15 heavy (non-hydrogen) atoms. The number of benzene rings is 1. The molecule has 2 aromatic rings. The van der Waals surface area contributed by atoms with Crippen LogP contribution >= 0.6 is 11.8 Å². The fourth-order valence-electron chi connectivity index (χ4n) is 1.17. The van der Waals surface area contributed by atoms with Gasteiger partial charge >= 0.3 is 0 Å². The van der Waals surface area contributed by atoms with Gasteiger partial charge in [-0.3, -0.25) is 4.98 Å². The van der Waals surface area contributed by atoms with E-state index in [1.54, 1.807) is 24.2 Å². The zero-order valence-electron chi connectivity index (χ0n) is 8.34. The van der Waals surface area contributed by atoms with Crippen LogP contribution in [0.15, 0.2) is 46.6 Å². The van der Waals surface area contributed by atoms with Crippen LogP contribution in [0.5, 0.6) is 0 Å². The van der Waals surface area contributed by atoms with E-state index in [4.69, 9.17) is 5.73 Å². The van der Waals surface area contributed by atoms with E-state index in [1.807, 2.05) is 31.2 Å². The molecule has 3 nitrogen and oxygen atoms in total. The number of aryl methyl sites for hydroxylation is 1. The molecule has 0 bridgehead atoms. The van der Waals surface area contributed by atoms with Crippen molar-refractivity contribution in [2.24, 2.45) is 0 Å². The van der Waals surface area contributed by atoms with Gasteiger partial charge in [-0.05, 0) is 19.1 Å². The Morgan fingerprint density at radius 2 is 1.87 bits per heavy atom. The average molecular weight is 217 g/mol. The number of para-hydroxylation sites is 1. The number of nitrogens with zero attached hydrogens (tertiary/aromatic N) is 2. The molecule has 0 amide bonds. The average Bonchev–Trinajstić information content (AvgIpc) is 2.24. The van der Waals surface area contributed by atoms with Crippen molar-refractivity contribution in [2.75, 3.05) is 5.73 Å². The van der Waals surface area contributed by atoms with E-state index in [9.17, 15) is 0 Å². The van der Waals surface area contributed by atoms with Gasteiger partial charge in [-0.2, -0.15) is 0 Å². The highest BCUT2D eigenvalue weighted by atomic mass is 32.2. The zero-order valence-corrected chi connectivity index (χ0v) is 9.16. The van der Waals surface area contributed by atoms with E-state index in [0.717, 1.165) is 21.3 Å². The van der Waals surface area contributed by atoms with Crippen LogP contribution < -0.4 is 5.73 Å². The van der Waals surface area contributed by atoms with E-state index in [-0.39, 0.29) is 0 Å². The second-order valence-corrected chi connectivity index (χ2v) is 4.12. The second kappa shape index (κ2) is 4.31. The van der Waals surface area contributed by atoms with Crippen LogP contribution in [-0.2, 0) is 0 Å². The molecule has 0 atom stereocenters. The Hall–Kier alpha value is -1.55. The van der Waals surface area contributed by atoms with Crippen molar-refractivity contribution >= 4 is 17.4 Å². The van der Waals surface area contributed by atoms with Crippen molar-refractivity contribution in [1.29, 1.82) is 0 Å². The lowest BCUT2D eigenvalue weighted by molar-refractivity contribution is 0.986. The van der Waals surface area contributed by atoms with Gasteiger partial charge in [0.1, 0.15) is 5.03 Å². The molecule has 0 saturated heterocycles. The Bertz CT molecular complexity index is 427. The van der Waals surface area contributed by atoms with Crippen molar-refractivity contribution in [3.63, 3.8) is 0 Å². The molecule has 4 heteroatoms. The lowest BCUT2D eigenvalue weighted by Crippen LogP contribution is -1.91. The van der Waals surface area contributed by atoms with Crippen molar-refractivity contribution < 1.29 is 0 Å². The minimum Gasteiger partial charge on any atom is -0.398 e. The van der Waals surface area contributed by atoms with Gasteiger partial charge in [0, 0.05) is 23.0 Å². The summed E-state index contributed by atoms with van der Waals surface area (Å²) in [7, 11) is 0. The van der Waals surface area contributed by atoms with Gasteiger partial charge in [-0.1, -0.05) is 23.9 Å². The first-order valence-electron chi connectivity index (χ1n) is 4.57. The smallest absolute Gasteiger partial charge is 0.122 e. The highest BCUT2D eigenvalue weighted by molar-refractivity contribution is 7.99. The number of anilines is 1. The highest BCUT2D eigenvalue weighted by Crippen LogP contribution is 2.31. The number of nitrogen functional groups attached to an aromatic ring is 1. The summed E-state index contributed by atoms with van der Waals surface area (Å²) in [5.41, 5.74) is 7.54. The standard InChI is InChI=1S/C11H11N3S/c1-8-11(14-7-6-13-8)15-10-5-3-2-4-9(10)12/h2-7H,12H2,1H3. The molecule has 0 fully saturated rings. The van der Waals surface area contributed by atoms with Gasteiger partial charge in [0.2, 0.25) is 0 Å². The Morgan fingerprint density at radius 1 is 1.13 bits per heavy atom. The van der Waals surface area contributed by atoms with E-state index < -0.39 is 0 Å². The van der Waals surface area contributed by atoms with Crippen molar-refractivity contribution in [3.8, 4) is 0 Å². The van der Waals surface area contributed by atoms with Gasteiger partial charge in [0.05, 0.1) is 5.69 Å². The van der Waals surface area contributed by atoms with Crippen molar-refractivity contribution in [2.45, 2.75) is 16.8 Å². The minimum atomic E-state index is 0.771. The largest absolute Gasteiger partial charge is 0.398 e. The van der Waals surface area contributed by atoms with Crippen LogP contribution in [0.4, 0.5) is 5.69 Å². The predicted molar refractivity (Wildman–Crippen MR) is 61.7 cm³/mol. The molecule has 2 rings (SSSR count). The summed E-state index contributed by atoms with van der Waals surface area (Å²) in [6, 6.07) is 7.75. The summed E-state index contributed by atoms with van der Waals surface area (Å²) in [4.78, 5) is 9.46. The summed E-state index contributed by atoms with van der Waals surface area (Å²) in [6.45, 7) is 1.94. The molecule has 0 aliphatic heterocycles. The molecule has 0 radical (unpaired) electrons. The van der Waals surface area contributed by atoms with Gasteiger partial charge in [0.25, 0.3) is 0 Å². The molecule has 1 aromatic carbocycles. The van der Waals surface area contributed by atoms with Crippen LogP contribution in [0.2, 0.25) is 0 Å². The first kappa shape index (κ1) is 9.98. The number of hydrogen-bond acceptors (Lipinski definition) is 4. The predicted octanol–water partition coefficient (Wildman–Crippen LogP) is 2.52. The van der Waals surface area contributed by atoms with Crippen LogP contribution in [0.3, 0.4) is 0 Å². The SMILES string of the molecule is Cc1nccnc1Sc1ccccc1N. The summed E-state index contributed by atoms with van der Waals surface area (Å²) in [5, 5.41) is 0.899. The molecular weight excluding hydrogens is 206 g/mol. The number of hydrogen-bond donors (Lipinski definition) is 1. The number of aromatic nitrogens is 2. The topological polar surface area (TPSA) is 51.8 Å². The van der Waals surface area contributed by atoms with Crippen molar-refractivity contribution in [1.82, 2.24) is 9.97 Å². The van der Waals surface area contributed by atoms with E-state index in [2.05, 4.69) is 9.97 Å². The maximum atomic E-state index is 5.85. The number of rotatable bonds is 2. The fraction of sp³-hybridized carbons (Fsp3) is 0.0909. The van der Waals surface area contributed by atoms with Crippen LogP contribution in [0, 0.1) is 6.92 Å². The first-order valence-corrected chi connectivity index (χ1v) is 5.39. The third-order valence-corrected chi connectivity index (χ3v) is 3.15. The summed E-state index contributed by atoms with van der Waals surface area (Å²) >= 11 is 1.54. The summed E-state index contributed by atoms with van der Waals surface area (Å²) in [5.74, 6) is 0. The lowest BCUT2D eigenvalue weighted by Gasteiger charge is -2.05. The molecule has 0 aliphatic rings. The van der Waals surface area contributed by atoms with Gasteiger partial charge < -0.3 is 5.73 Å². The molecule has 0 aliphatic carbocycles. The second-order valence-electron chi connectivity index (χ2n) is 3.09. The Kier molecular flexibility index (Phi) is 2.87. The van der Waals surface area contributed by atoms with Crippen molar-refractivity contribution in [3.05, 3.63) is 42.4 Å². The molecule has 0 spiro atoms. The first-order chi connectivity index (χ1) is 7.27. The normalized spacial score (nSPS) is 10.2. The van der Waals surface area contributed by atoms with E-state index >= 15 is 0 Å². The Balaban J connectivity index is 2.30. The molecule has 1 aromatic heterocycles. The van der Waals surface area contributed by atoms with E-state index in [1.165, 1.54) is 0 Å². The maximum Gasteiger partial charge on any atom is 0.122 e. The maximum absolute atomic E-state index is 5.85. The monoisotopic (exact) mass is 217 g/mol. The summed E-state index contributed by atoms with van der Waals surface area (Å²) in [6.07, 6.45) is 3.38. The minimum absolute atomic E-state index is 0.771. The molecule has 1 heterocycles. The molecule has 2 N–H and O–H groups in total. The van der Waals surface area contributed by atoms with Crippen LogP contribution in [-0.4, -0.2) is 9.97 Å². The van der Waals surface area contributed by atoms with Crippen LogP contribution in [0.1, 0.15) is 5.69 Å². The lowest BCUT2D eigenvalue weighted by atomic mass is 10.3. The van der Waals surface area contributed by atoms with Gasteiger partial charge in [0.15, 0.2) is 0 Å². The van der Waals surface area contributed by atoms with Gasteiger partial charge in [-0.15, -0.1) is 0 Å². The third-order valence-electron chi connectivity index (χ3n) is 1.96.